The van der Waals surface area contributed by atoms with E-state index in [1.165, 1.54) is 71.5 Å². The molecule has 1 heterocycles. The lowest BCUT2D eigenvalue weighted by Crippen LogP contribution is -2.43. The minimum Gasteiger partial charge on any atom is -0.314 e. The Labute approximate surface area is 114 Å². The topological polar surface area (TPSA) is 18.5 Å². The summed E-state index contributed by atoms with van der Waals surface area (Å²) in [4.78, 5) is 5.11. The fraction of sp³-hybridized carbons (Fsp3) is 1.00. The number of hydrogen-bond acceptors (Lipinski definition) is 3. The summed E-state index contributed by atoms with van der Waals surface area (Å²) in [5.41, 5.74) is 0. The van der Waals surface area contributed by atoms with Crippen molar-refractivity contribution in [3.8, 4) is 0 Å². The highest BCUT2D eigenvalue weighted by Crippen LogP contribution is 2.10. The van der Waals surface area contributed by atoms with E-state index >= 15 is 0 Å². The predicted octanol–water partition coefficient (Wildman–Crippen LogP) is 2.18. The van der Waals surface area contributed by atoms with Crippen LogP contribution in [0.3, 0.4) is 0 Å². The van der Waals surface area contributed by atoms with Gasteiger partial charge in [0.15, 0.2) is 0 Å². The molecule has 0 aliphatic carbocycles. The van der Waals surface area contributed by atoms with Crippen molar-refractivity contribution >= 4 is 0 Å². The lowest BCUT2D eigenvalue weighted by molar-refractivity contribution is 0.196. The fourth-order valence-electron chi connectivity index (χ4n) is 2.83. The van der Waals surface area contributed by atoms with Gasteiger partial charge in [-0.25, -0.2) is 0 Å². The molecule has 18 heavy (non-hydrogen) atoms. The van der Waals surface area contributed by atoms with Crippen molar-refractivity contribution in [1.29, 1.82) is 0 Å². The molecule has 1 aliphatic heterocycles. The van der Waals surface area contributed by atoms with Crippen LogP contribution in [0.4, 0.5) is 0 Å². The molecule has 3 nitrogen and oxygen atoms in total. The summed E-state index contributed by atoms with van der Waals surface area (Å²) in [6, 6.07) is 0.773. The van der Waals surface area contributed by atoms with E-state index in [2.05, 4.69) is 35.9 Å². The second-order valence-electron chi connectivity index (χ2n) is 5.45. The van der Waals surface area contributed by atoms with Gasteiger partial charge in [0.1, 0.15) is 0 Å². The molecule has 1 fully saturated rings. The number of rotatable bonds is 9. The van der Waals surface area contributed by atoms with Gasteiger partial charge in [-0.1, -0.05) is 20.8 Å². The minimum atomic E-state index is 0.773. The Kier molecular flexibility index (Phi) is 8.64. The Hall–Kier alpha value is -0.120. The summed E-state index contributed by atoms with van der Waals surface area (Å²) in [7, 11) is 0. The fourth-order valence-corrected chi connectivity index (χ4v) is 2.83. The van der Waals surface area contributed by atoms with Gasteiger partial charge in [-0.05, 0) is 71.5 Å². The first kappa shape index (κ1) is 15.9. The number of hydrogen-bond donors (Lipinski definition) is 1. The summed E-state index contributed by atoms with van der Waals surface area (Å²) >= 11 is 0. The van der Waals surface area contributed by atoms with Gasteiger partial charge in [0.05, 0.1) is 0 Å². The average Bonchev–Trinajstić information content (AvgIpc) is 2.41. The van der Waals surface area contributed by atoms with Gasteiger partial charge in [-0.2, -0.15) is 0 Å². The van der Waals surface area contributed by atoms with Crippen LogP contribution in [0.1, 0.15) is 46.5 Å². The van der Waals surface area contributed by atoms with Crippen LogP contribution in [0.5, 0.6) is 0 Å². The lowest BCUT2D eigenvalue weighted by Gasteiger charge is -2.32. The summed E-state index contributed by atoms with van der Waals surface area (Å²) in [6.07, 6.45) is 5.26. The molecule has 0 spiro atoms. The van der Waals surface area contributed by atoms with Crippen molar-refractivity contribution in [2.24, 2.45) is 0 Å². The van der Waals surface area contributed by atoms with Gasteiger partial charge < -0.3 is 15.1 Å². The number of likely N-dealkylation sites (tertiary alicyclic amines) is 1. The predicted molar refractivity (Wildman–Crippen MR) is 80.2 cm³/mol. The molecule has 1 aliphatic rings. The zero-order valence-electron chi connectivity index (χ0n) is 12.7. The molecule has 1 N–H and O–H groups in total. The summed E-state index contributed by atoms with van der Waals surface area (Å²) in [6.45, 7) is 15.5. The van der Waals surface area contributed by atoms with Crippen LogP contribution >= 0.6 is 0 Å². The van der Waals surface area contributed by atoms with Gasteiger partial charge in [-0.15, -0.1) is 0 Å². The van der Waals surface area contributed by atoms with Crippen molar-refractivity contribution in [2.75, 3.05) is 45.8 Å². The first-order valence-electron chi connectivity index (χ1n) is 7.98. The van der Waals surface area contributed by atoms with Gasteiger partial charge in [0, 0.05) is 6.04 Å². The van der Waals surface area contributed by atoms with Crippen molar-refractivity contribution in [1.82, 2.24) is 15.1 Å². The minimum absolute atomic E-state index is 0.773. The third-order valence-electron chi connectivity index (χ3n) is 4.11. The second kappa shape index (κ2) is 9.76. The van der Waals surface area contributed by atoms with Crippen LogP contribution in [-0.4, -0.2) is 61.7 Å². The van der Waals surface area contributed by atoms with Crippen molar-refractivity contribution in [3.05, 3.63) is 0 Å². The second-order valence-corrected chi connectivity index (χ2v) is 5.45. The quantitative estimate of drug-likeness (QED) is 0.637. The van der Waals surface area contributed by atoms with Crippen molar-refractivity contribution in [2.45, 2.75) is 52.5 Å². The molecule has 0 unspecified atom stereocenters. The van der Waals surface area contributed by atoms with Crippen LogP contribution in [0.25, 0.3) is 0 Å². The van der Waals surface area contributed by atoms with Gasteiger partial charge in [0.2, 0.25) is 0 Å². The van der Waals surface area contributed by atoms with E-state index in [1.54, 1.807) is 0 Å². The zero-order valence-corrected chi connectivity index (χ0v) is 12.7. The first-order chi connectivity index (χ1) is 8.80. The Morgan fingerprint density at radius 1 is 1.11 bits per heavy atom. The largest absolute Gasteiger partial charge is 0.314 e. The molecule has 0 amide bonds. The zero-order chi connectivity index (χ0) is 13.2. The maximum atomic E-state index is 3.73. The molecular weight excluding hydrogens is 222 g/mol. The van der Waals surface area contributed by atoms with E-state index in [9.17, 15) is 0 Å². The van der Waals surface area contributed by atoms with Gasteiger partial charge in [-0.3, -0.25) is 0 Å². The number of piperidine rings is 1. The maximum absolute atomic E-state index is 3.73. The molecule has 0 aromatic carbocycles. The number of nitrogens with zero attached hydrogens (tertiary/aromatic N) is 2. The Bertz CT molecular complexity index is 184. The molecule has 3 heteroatoms. The van der Waals surface area contributed by atoms with Crippen LogP contribution in [0.2, 0.25) is 0 Å². The maximum Gasteiger partial charge on any atom is 0.00914 e. The molecule has 0 atom stereocenters. The van der Waals surface area contributed by atoms with Crippen molar-refractivity contribution < 1.29 is 0 Å². The van der Waals surface area contributed by atoms with Crippen LogP contribution in [0, 0.1) is 0 Å². The Morgan fingerprint density at radius 2 is 1.78 bits per heavy atom. The van der Waals surface area contributed by atoms with Crippen molar-refractivity contribution in [3.63, 3.8) is 0 Å². The highest BCUT2D eigenvalue weighted by molar-refractivity contribution is 4.76. The molecule has 1 rings (SSSR count). The Balaban J connectivity index is 2.00. The summed E-state index contributed by atoms with van der Waals surface area (Å²) in [5, 5.41) is 3.73. The highest BCUT2D eigenvalue weighted by Gasteiger charge is 2.17. The number of nitrogens with one attached hydrogen (secondary N) is 1. The summed E-state index contributed by atoms with van der Waals surface area (Å²) in [5.74, 6) is 0. The van der Waals surface area contributed by atoms with Crippen LogP contribution < -0.4 is 5.32 Å². The van der Waals surface area contributed by atoms with E-state index in [1.807, 2.05) is 0 Å². The molecule has 0 saturated carbocycles. The summed E-state index contributed by atoms with van der Waals surface area (Å²) < 4.78 is 0. The lowest BCUT2D eigenvalue weighted by atomic mass is 10.0. The highest BCUT2D eigenvalue weighted by atomic mass is 15.1. The molecule has 1 saturated heterocycles. The monoisotopic (exact) mass is 255 g/mol. The molecular formula is C15H33N3. The van der Waals surface area contributed by atoms with E-state index in [-0.39, 0.29) is 0 Å². The third-order valence-corrected chi connectivity index (χ3v) is 4.11. The van der Waals surface area contributed by atoms with E-state index in [4.69, 9.17) is 0 Å². The molecule has 108 valence electrons. The molecule has 0 aromatic heterocycles. The van der Waals surface area contributed by atoms with Crippen LogP contribution in [-0.2, 0) is 0 Å². The van der Waals surface area contributed by atoms with Crippen LogP contribution in [0.15, 0.2) is 0 Å². The Morgan fingerprint density at radius 3 is 2.33 bits per heavy atom. The van der Waals surface area contributed by atoms with E-state index < -0.39 is 0 Å². The standard InChI is InChI=1S/C15H33N3/c1-4-11-18-13-8-15(9-14-18)16-10-7-12-17(5-2)6-3/h15-16H,4-14H2,1-3H3. The first-order valence-corrected chi connectivity index (χ1v) is 7.98. The normalized spacial score (nSPS) is 18.7. The SMILES string of the molecule is CCCN1CCC(NCCCN(CC)CC)CC1. The van der Waals surface area contributed by atoms with Gasteiger partial charge >= 0.3 is 0 Å². The molecule has 0 aromatic rings. The van der Waals surface area contributed by atoms with Gasteiger partial charge in [0.25, 0.3) is 0 Å². The molecule has 0 radical (unpaired) electrons. The average molecular weight is 255 g/mol. The van der Waals surface area contributed by atoms with E-state index in [0.29, 0.717) is 0 Å². The smallest absolute Gasteiger partial charge is 0.00914 e. The third kappa shape index (κ3) is 6.17. The molecule has 0 bridgehead atoms. The van der Waals surface area contributed by atoms with E-state index in [0.717, 1.165) is 6.04 Å².